The molecule has 2 aliphatic heterocycles. The van der Waals surface area contributed by atoms with Crippen LogP contribution >= 0.6 is 0 Å². The zero-order valence-corrected chi connectivity index (χ0v) is 26.7. The molecule has 1 N–H and O–H groups in total. The second-order valence-electron chi connectivity index (χ2n) is 12.1. The lowest BCUT2D eigenvalue weighted by Crippen LogP contribution is -2.55. The van der Waals surface area contributed by atoms with Gasteiger partial charge in [-0.15, -0.1) is 0 Å². The third-order valence-electron chi connectivity index (χ3n) is 8.85. The lowest BCUT2D eigenvalue weighted by atomic mass is 9.76. The molecule has 3 aromatic carbocycles. The Kier molecular flexibility index (Phi) is 10.1. The number of ketones is 1. The number of carbonyl (C=O) groups is 3. The molecule has 4 unspecified atom stereocenters. The van der Waals surface area contributed by atoms with Crippen LogP contribution in [-0.4, -0.2) is 80.9 Å². The highest BCUT2D eigenvalue weighted by Crippen LogP contribution is 2.52. The normalized spacial score (nSPS) is 21.5. The van der Waals surface area contributed by atoms with E-state index < -0.39 is 23.9 Å². The van der Waals surface area contributed by atoms with Crippen molar-refractivity contribution in [2.24, 2.45) is 11.8 Å². The minimum Gasteiger partial charge on any atom is -0.497 e. The van der Waals surface area contributed by atoms with E-state index in [0.717, 1.165) is 11.1 Å². The van der Waals surface area contributed by atoms with E-state index in [9.17, 15) is 14.4 Å². The smallest absolute Gasteiger partial charge is 0.246 e. The molecule has 2 aliphatic rings. The summed E-state index contributed by atoms with van der Waals surface area (Å²) in [6.45, 7) is 6.38. The Morgan fingerprint density at radius 2 is 1.24 bits per heavy atom. The maximum atomic E-state index is 14.8. The number of nitrogens with zero attached hydrogens (tertiary/aromatic N) is 2. The fourth-order valence-electron chi connectivity index (χ4n) is 6.66. The van der Waals surface area contributed by atoms with Gasteiger partial charge in [-0.2, -0.15) is 0 Å². The molecule has 2 saturated heterocycles. The first-order chi connectivity index (χ1) is 21.8. The monoisotopic (exact) mass is 613 g/mol. The number of hydrogen-bond donors (Lipinski definition) is 1. The third kappa shape index (κ3) is 6.68. The molecule has 2 fully saturated rings. The number of Topliss-reactive ketones (excluding diaryl/α,β-unsaturated/α-hetero) is 1. The van der Waals surface area contributed by atoms with E-state index >= 15 is 0 Å². The maximum absolute atomic E-state index is 14.8. The Morgan fingerprint density at radius 1 is 0.756 bits per heavy atom. The van der Waals surface area contributed by atoms with Crippen molar-refractivity contribution < 1.29 is 28.6 Å². The second-order valence-corrected chi connectivity index (χ2v) is 12.1. The summed E-state index contributed by atoms with van der Waals surface area (Å²) >= 11 is 0. The zero-order valence-electron chi connectivity index (χ0n) is 26.7. The van der Waals surface area contributed by atoms with Crippen molar-refractivity contribution in [2.45, 2.75) is 38.3 Å². The molecule has 4 atom stereocenters. The minimum atomic E-state index is -0.887. The van der Waals surface area contributed by atoms with Gasteiger partial charge in [-0.1, -0.05) is 38.1 Å². The molecular formula is C36H43N3O6. The summed E-state index contributed by atoms with van der Waals surface area (Å²) in [4.78, 5) is 47.5. The molecule has 0 spiro atoms. The number of ether oxygens (including phenoxy) is 3. The summed E-state index contributed by atoms with van der Waals surface area (Å²) in [5.74, 6) is 0.216. The van der Waals surface area contributed by atoms with Crippen molar-refractivity contribution in [1.82, 2.24) is 15.1 Å². The standard InChI is InChI=1S/C36H43N3O6/c1-23(2)22-30(40)39-33(25-8-14-28(44-4)15-9-25)32(35(41)26-10-16-29(45-5)17-11-26)31(24-6-12-27(43-3)13-7-24)34(39)36(42)38-20-18-37-19-21-38/h6-17,23,31-34,37H,18-22H2,1-5H3. The van der Waals surface area contributed by atoms with Crippen LogP contribution in [0.15, 0.2) is 72.8 Å². The molecule has 45 heavy (non-hydrogen) atoms. The predicted octanol–water partition coefficient (Wildman–Crippen LogP) is 4.73. The third-order valence-corrected chi connectivity index (χ3v) is 8.85. The quantitative estimate of drug-likeness (QED) is 0.331. The summed E-state index contributed by atoms with van der Waals surface area (Å²) in [6, 6.07) is 20.4. The van der Waals surface area contributed by atoms with E-state index in [1.807, 2.05) is 67.3 Å². The molecule has 0 radical (unpaired) electrons. The highest BCUT2D eigenvalue weighted by atomic mass is 16.5. The molecule has 5 rings (SSSR count). The molecule has 0 aromatic heterocycles. The largest absolute Gasteiger partial charge is 0.497 e. The van der Waals surface area contributed by atoms with Crippen LogP contribution < -0.4 is 19.5 Å². The molecule has 9 heteroatoms. The molecular weight excluding hydrogens is 570 g/mol. The van der Waals surface area contributed by atoms with Crippen molar-refractivity contribution in [3.05, 3.63) is 89.5 Å². The topological polar surface area (TPSA) is 97.4 Å². The van der Waals surface area contributed by atoms with Crippen LogP contribution in [0.25, 0.3) is 0 Å². The highest BCUT2D eigenvalue weighted by Gasteiger charge is 2.58. The summed E-state index contributed by atoms with van der Waals surface area (Å²) in [5, 5.41) is 3.31. The first kappa shape index (κ1) is 32.0. The van der Waals surface area contributed by atoms with Crippen LogP contribution in [0.2, 0.25) is 0 Å². The van der Waals surface area contributed by atoms with Gasteiger partial charge in [0.2, 0.25) is 11.8 Å². The first-order valence-electron chi connectivity index (χ1n) is 15.5. The van der Waals surface area contributed by atoms with Crippen LogP contribution in [0.4, 0.5) is 0 Å². The van der Waals surface area contributed by atoms with E-state index in [2.05, 4.69) is 5.32 Å². The van der Waals surface area contributed by atoms with Crippen molar-refractivity contribution in [3.63, 3.8) is 0 Å². The molecule has 0 bridgehead atoms. The van der Waals surface area contributed by atoms with Crippen LogP contribution in [-0.2, 0) is 9.59 Å². The zero-order chi connectivity index (χ0) is 32.1. The lowest BCUT2D eigenvalue weighted by Gasteiger charge is -2.36. The van der Waals surface area contributed by atoms with Gasteiger partial charge in [0, 0.05) is 44.1 Å². The van der Waals surface area contributed by atoms with Crippen LogP contribution in [0.3, 0.4) is 0 Å². The summed E-state index contributed by atoms with van der Waals surface area (Å²) < 4.78 is 16.2. The van der Waals surface area contributed by atoms with Crippen molar-refractivity contribution >= 4 is 17.6 Å². The van der Waals surface area contributed by atoms with Gasteiger partial charge in [-0.3, -0.25) is 14.4 Å². The fraction of sp³-hybridized carbons (Fsp3) is 0.417. The van der Waals surface area contributed by atoms with E-state index in [1.54, 1.807) is 50.5 Å². The Hall–Kier alpha value is -4.37. The second kappa shape index (κ2) is 14.2. The van der Waals surface area contributed by atoms with Gasteiger partial charge in [0.05, 0.1) is 33.3 Å². The number of hydrogen-bond acceptors (Lipinski definition) is 7. The first-order valence-corrected chi connectivity index (χ1v) is 15.5. The number of carbonyl (C=O) groups excluding carboxylic acids is 3. The molecule has 238 valence electrons. The Bertz CT molecular complexity index is 1470. The Morgan fingerprint density at radius 3 is 1.73 bits per heavy atom. The Balaban J connectivity index is 1.75. The number of methoxy groups -OCH3 is 3. The number of likely N-dealkylation sites (tertiary alicyclic amines) is 1. The number of benzene rings is 3. The molecule has 2 heterocycles. The molecule has 0 saturated carbocycles. The molecule has 2 amide bonds. The van der Waals surface area contributed by atoms with Gasteiger partial charge in [-0.25, -0.2) is 0 Å². The van der Waals surface area contributed by atoms with Crippen molar-refractivity contribution in [3.8, 4) is 17.2 Å². The van der Waals surface area contributed by atoms with Crippen LogP contribution in [0, 0.1) is 11.8 Å². The van der Waals surface area contributed by atoms with E-state index in [1.165, 1.54) is 0 Å². The lowest BCUT2D eigenvalue weighted by molar-refractivity contribution is -0.146. The fourth-order valence-corrected chi connectivity index (χ4v) is 6.66. The highest BCUT2D eigenvalue weighted by molar-refractivity contribution is 6.02. The number of amides is 2. The van der Waals surface area contributed by atoms with Gasteiger partial charge in [0.15, 0.2) is 5.78 Å². The minimum absolute atomic E-state index is 0.0553. The number of nitrogens with one attached hydrogen (secondary N) is 1. The SMILES string of the molecule is COc1ccc(C(=O)C2C(c3ccc(OC)cc3)C(C(=O)N3CCNCC3)N(C(=O)CC(C)C)C2c2ccc(OC)cc2)cc1. The maximum Gasteiger partial charge on any atom is 0.246 e. The molecule has 0 aliphatic carbocycles. The van der Waals surface area contributed by atoms with Gasteiger partial charge >= 0.3 is 0 Å². The average Bonchev–Trinajstić information content (AvgIpc) is 3.44. The van der Waals surface area contributed by atoms with Gasteiger partial charge in [-0.05, 0) is 65.6 Å². The summed E-state index contributed by atoms with van der Waals surface area (Å²) in [6.07, 6.45) is 0.247. The van der Waals surface area contributed by atoms with Gasteiger partial charge < -0.3 is 29.3 Å². The van der Waals surface area contributed by atoms with Gasteiger partial charge in [0.1, 0.15) is 23.3 Å². The van der Waals surface area contributed by atoms with E-state index in [4.69, 9.17) is 14.2 Å². The number of piperazine rings is 1. The van der Waals surface area contributed by atoms with E-state index in [0.29, 0.717) is 49.0 Å². The van der Waals surface area contributed by atoms with Crippen LogP contribution in [0.1, 0.15) is 53.7 Å². The summed E-state index contributed by atoms with van der Waals surface area (Å²) in [7, 11) is 4.78. The van der Waals surface area contributed by atoms with Crippen molar-refractivity contribution in [2.75, 3.05) is 47.5 Å². The number of rotatable bonds is 10. The predicted molar refractivity (Wildman–Crippen MR) is 172 cm³/mol. The van der Waals surface area contributed by atoms with Crippen LogP contribution in [0.5, 0.6) is 17.2 Å². The van der Waals surface area contributed by atoms with E-state index in [-0.39, 0.29) is 29.9 Å². The molecule has 9 nitrogen and oxygen atoms in total. The summed E-state index contributed by atoms with van der Waals surface area (Å²) in [5.41, 5.74) is 2.06. The molecule has 3 aromatic rings. The Labute approximate surface area is 265 Å². The van der Waals surface area contributed by atoms with Gasteiger partial charge in [0.25, 0.3) is 0 Å². The average molecular weight is 614 g/mol. The van der Waals surface area contributed by atoms with Crippen molar-refractivity contribution in [1.29, 1.82) is 0 Å².